The summed E-state index contributed by atoms with van der Waals surface area (Å²) in [5, 5.41) is 4.32. The van der Waals surface area contributed by atoms with Crippen LogP contribution in [0.1, 0.15) is 10.4 Å². The predicted octanol–water partition coefficient (Wildman–Crippen LogP) is 2.68. The van der Waals surface area contributed by atoms with E-state index in [4.69, 9.17) is 9.47 Å². The molecule has 0 aliphatic rings. The first-order chi connectivity index (χ1) is 9.12. The molecule has 5 nitrogen and oxygen atoms in total. The lowest BCUT2D eigenvalue weighted by Gasteiger charge is -2.08. The molecule has 19 heavy (non-hydrogen) atoms. The summed E-state index contributed by atoms with van der Waals surface area (Å²) in [4.78, 5) is 11.2. The smallest absolute Gasteiger partial charge is 0.161 e. The first-order valence-electron chi connectivity index (χ1n) is 5.52. The van der Waals surface area contributed by atoms with Crippen molar-refractivity contribution in [3.05, 3.63) is 28.4 Å². The van der Waals surface area contributed by atoms with Crippen molar-refractivity contribution >= 4 is 22.2 Å². The van der Waals surface area contributed by atoms with Gasteiger partial charge in [0.05, 0.1) is 19.8 Å². The monoisotopic (exact) mass is 324 g/mol. The highest BCUT2D eigenvalue weighted by atomic mass is 79.9. The zero-order valence-electron chi connectivity index (χ0n) is 10.8. The zero-order valence-corrected chi connectivity index (χ0v) is 12.4. The Labute approximate surface area is 119 Å². The number of hydrogen-bond acceptors (Lipinski definition) is 4. The van der Waals surface area contributed by atoms with Crippen LogP contribution in [-0.2, 0) is 7.05 Å². The number of carbonyl (C=O) groups excluding carboxylic acids is 1. The van der Waals surface area contributed by atoms with Crippen molar-refractivity contribution in [3.8, 4) is 22.8 Å². The zero-order chi connectivity index (χ0) is 14.0. The molecule has 0 unspecified atom stereocenters. The van der Waals surface area contributed by atoms with Crippen LogP contribution < -0.4 is 9.47 Å². The molecule has 2 rings (SSSR count). The van der Waals surface area contributed by atoms with Gasteiger partial charge in [-0.3, -0.25) is 9.48 Å². The van der Waals surface area contributed by atoms with Gasteiger partial charge in [0.15, 0.2) is 17.8 Å². The summed E-state index contributed by atoms with van der Waals surface area (Å²) < 4.78 is 12.7. The maximum Gasteiger partial charge on any atom is 0.161 e. The molecule has 0 aliphatic carbocycles. The van der Waals surface area contributed by atoms with Gasteiger partial charge in [-0.05, 0) is 34.1 Å². The predicted molar refractivity (Wildman–Crippen MR) is 74.8 cm³/mol. The number of carbonyl (C=O) groups is 1. The Balaban J connectivity index is 2.59. The van der Waals surface area contributed by atoms with Gasteiger partial charge in [0.1, 0.15) is 10.3 Å². The maximum atomic E-state index is 11.2. The van der Waals surface area contributed by atoms with Gasteiger partial charge in [-0.25, -0.2) is 0 Å². The van der Waals surface area contributed by atoms with Gasteiger partial charge in [-0.1, -0.05) is 0 Å². The second kappa shape index (κ2) is 5.44. The van der Waals surface area contributed by atoms with Crippen LogP contribution in [0.5, 0.6) is 11.5 Å². The van der Waals surface area contributed by atoms with Gasteiger partial charge < -0.3 is 9.47 Å². The quantitative estimate of drug-likeness (QED) is 0.811. The van der Waals surface area contributed by atoms with Crippen LogP contribution in [0.15, 0.2) is 22.8 Å². The van der Waals surface area contributed by atoms with E-state index in [-0.39, 0.29) is 0 Å². The molecule has 0 saturated heterocycles. The van der Waals surface area contributed by atoms with Gasteiger partial charge in [-0.2, -0.15) is 5.10 Å². The lowest BCUT2D eigenvalue weighted by Crippen LogP contribution is -1.92. The summed E-state index contributed by atoms with van der Waals surface area (Å²) in [6, 6.07) is 5.41. The largest absolute Gasteiger partial charge is 0.493 e. The molecule has 0 saturated carbocycles. The van der Waals surface area contributed by atoms with E-state index in [2.05, 4.69) is 21.0 Å². The molecule has 0 fully saturated rings. The minimum Gasteiger partial charge on any atom is -0.493 e. The van der Waals surface area contributed by atoms with E-state index in [0.717, 1.165) is 11.8 Å². The average Bonchev–Trinajstić information content (AvgIpc) is 2.73. The molecule has 6 heteroatoms. The molecule has 1 aromatic carbocycles. The van der Waals surface area contributed by atoms with Crippen molar-refractivity contribution < 1.29 is 14.3 Å². The average molecular weight is 325 g/mol. The van der Waals surface area contributed by atoms with E-state index in [1.165, 1.54) is 0 Å². The lowest BCUT2D eigenvalue weighted by atomic mass is 10.1. The summed E-state index contributed by atoms with van der Waals surface area (Å²) in [6.07, 6.45) is 0.781. The number of nitrogens with zero attached hydrogens (tertiary/aromatic N) is 2. The van der Waals surface area contributed by atoms with Crippen molar-refractivity contribution in [2.75, 3.05) is 14.2 Å². The Morgan fingerprint density at radius 3 is 2.53 bits per heavy atom. The number of ether oxygens (including phenoxy) is 2. The number of aldehydes is 1. The number of halogens is 1. The highest BCUT2D eigenvalue weighted by Crippen LogP contribution is 2.34. The summed E-state index contributed by atoms with van der Waals surface area (Å²) in [6.45, 7) is 0. The number of hydrogen-bond donors (Lipinski definition) is 0. The molecule has 0 spiro atoms. The van der Waals surface area contributed by atoms with Gasteiger partial charge in [-0.15, -0.1) is 0 Å². The fraction of sp³-hybridized carbons (Fsp3) is 0.231. The molecule has 100 valence electrons. The Kier molecular flexibility index (Phi) is 3.90. The van der Waals surface area contributed by atoms with Gasteiger partial charge in [0.25, 0.3) is 0 Å². The Bertz CT molecular complexity index is 623. The summed E-state index contributed by atoms with van der Waals surface area (Å²) in [5.74, 6) is 1.23. The van der Waals surface area contributed by atoms with Crippen molar-refractivity contribution in [2.24, 2.45) is 7.05 Å². The van der Waals surface area contributed by atoms with Gasteiger partial charge >= 0.3 is 0 Å². The third-order valence-corrected chi connectivity index (χ3v) is 3.73. The lowest BCUT2D eigenvalue weighted by molar-refractivity contribution is 0.112. The van der Waals surface area contributed by atoms with Crippen molar-refractivity contribution in [1.29, 1.82) is 0 Å². The van der Waals surface area contributed by atoms with Crippen LogP contribution in [0.3, 0.4) is 0 Å². The van der Waals surface area contributed by atoms with Crippen LogP contribution in [0, 0.1) is 0 Å². The standard InChI is InChI=1S/C13H13BrN2O3/c1-16-13(14)9(7-17)12(15-16)8-4-5-10(18-2)11(6-8)19-3/h4-7H,1-3H3. The molecule has 0 aliphatic heterocycles. The summed E-state index contributed by atoms with van der Waals surface area (Å²) in [7, 11) is 4.91. The van der Waals surface area contributed by atoms with Gasteiger partial charge in [0.2, 0.25) is 0 Å². The fourth-order valence-corrected chi connectivity index (χ4v) is 2.18. The number of rotatable bonds is 4. The highest BCUT2D eigenvalue weighted by molar-refractivity contribution is 9.10. The van der Waals surface area contributed by atoms with E-state index in [0.29, 0.717) is 27.4 Å². The Morgan fingerprint density at radius 2 is 1.95 bits per heavy atom. The number of methoxy groups -OCH3 is 2. The molecule has 0 atom stereocenters. The summed E-state index contributed by atoms with van der Waals surface area (Å²) in [5.41, 5.74) is 1.90. The Morgan fingerprint density at radius 1 is 1.26 bits per heavy atom. The van der Waals surface area contributed by atoms with Crippen LogP contribution in [0.4, 0.5) is 0 Å². The normalized spacial score (nSPS) is 10.3. The van der Waals surface area contributed by atoms with Crippen molar-refractivity contribution in [1.82, 2.24) is 9.78 Å². The van der Waals surface area contributed by atoms with E-state index in [1.54, 1.807) is 38.1 Å². The van der Waals surface area contributed by atoms with Crippen molar-refractivity contribution in [2.45, 2.75) is 0 Å². The van der Waals surface area contributed by atoms with E-state index < -0.39 is 0 Å². The Hall–Kier alpha value is -1.82. The molecule has 0 N–H and O–H groups in total. The maximum absolute atomic E-state index is 11.2. The number of aromatic nitrogens is 2. The van der Waals surface area contributed by atoms with E-state index in [1.807, 2.05) is 6.07 Å². The van der Waals surface area contributed by atoms with Crippen molar-refractivity contribution in [3.63, 3.8) is 0 Å². The molecule has 1 aromatic heterocycles. The van der Waals surface area contributed by atoms with Crippen LogP contribution >= 0.6 is 15.9 Å². The van der Waals surface area contributed by atoms with Gasteiger partial charge in [0, 0.05) is 12.6 Å². The molecule has 1 heterocycles. The molecule has 2 aromatic rings. The topological polar surface area (TPSA) is 53.4 Å². The third kappa shape index (κ3) is 2.35. The number of benzene rings is 1. The van der Waals surface area contributed by atoms with E-state index in [9.17, 15) is 4.79 Å². The van der Waals surface area contributed by atoms with Crippen LogP contribution in [0.25, 0.3) is 11.3 Å². The third-order valence-electron chi connectivity index (χ3n) is 2.79. The summed E-state index contributed by atoms with van der Waals surface area (Å²) >= 11 is 3.34. The van der Waals surface area contributed by atoms with E-state index >= 15 is 0 Å². The highest BCUT2D eigenvalue weighted by Gasteiger charge is 2.16. The molecule has 0 radical (unpaired) electrons. The molecular weight excluding hydrogens is 312 g/mol. The molecular formula is C13H13BrN2O3. The van der Waals surface area contributed by atoms with Crippen LogP contribution in [-0.4, -0.2) is 30.3 Å². The fourth-order valence-electron chi connectivity index (χ4n) is 1.82. The van der Waals surface area contributed by atoms with Crippen LogP contribution in [0.2, 0.25) is 0 Å². The number of aryl methyl sites for hydroxylation is 1. The minimum absolute atomic E-state index is 0.509. The SMILES string of the molecule is COc1ccc(-c2nn(C)c(Br)c2C=O)cc1OC. The molecule has 0 amide bonds. The first-order valence-corrected chi connectivity index (χ1v) is 6.31. The second-order valence-electron chi connectivity index (χ2n) is 3.86. The second-order valence-corrected chi connectivity index (χ2v) is 4.62. The minimum atomic E-state index is 0.509. The first kappa shape index (κ1) is 13.6. The molecule has 0 bridgehead atoms.